The molecule has 0 aromatic heterocycles. The number of halogens is 2. The molecule has 1 atom stereocenters. The molecule has 112 valence electrons. The van der Waals surface area contributed by atoms with E-state index in [2.05, 4.69) is 5.32 Å². The standard InChI is InChI=1S/C16H24F2N2/c17-16(18)13-7-5-6-12(10-13)15(11-19)20-14-8-3-1-2-4-9-14/h5-7,10,14-16,20H,1-4,8-9,11,19H2. The van der Waals surface area contributed by atoms with Crippen molar-refractivity contribution >= 4 is 0 Å². The average Bonchev–Trinajstić information content (AvgIpc) is 2.73. The summed E-state index contributed by atoms with van der Waals surface area (Å²) >= 11 is 0. The lowest BCUT2D eigenvalue weighted by Gasteiger charge is -2.24. The topological polar surface area (TPSA) is 38.0 Å². The number of alkyl halides is 2. The maximum Gasteiger partial charge on any atom is 0.263 e. The van der Waals surface area contributed by atoms with Crippen LogP contribution < -0.4 is 11.1 Å². The first-order valence-corrected chi connectivity index (χ1v) is 7.55. The number of hydrogen-bond donors (Lipinski definition) is 2. The van der Waals surface area contributed by atoms with Crippen molar-refractivity contribution in [3.63, 3.8) is 0 Å². The number of nitrogens with two attached hydrogens (primary N) is 1. The Morgan fingerprint density at radius 1 is 1.10 bits per heavy atom. The molecule has 1 aromatic carbocycles. The minimum atomic E-state index is -2.42. The molecule has 2 nitrogen and oxygen atoms in total. The first-order valence-electron chi connectivity index (χ1n) is 7.55. The van der Waals surface area contributed by atoms with Gasteiger partial charge < -0.3 is 11.1 Å². The molecule has 0 saturated heterocycles. The highest BCUT2D eigenvalue weighted by Crippen LogP contribution is 2.24. The second-order valence-corrected chi connectivity index (χ2v) is 5.61. The minimum Gasteiger partial charge on any atom is -0.329 e. The van der Waals surface area contributed by atoms with Crippen molar-refractivity contribution in [1.82, 2.24) is 5.32 Å². The summed E-state index contributed by atoms with van der Waals surface area (Å²) in [6, 6.07) is 7.04. The van der Waals surface area contributed by atoms with Gasteiger partial charge in [-0.25, -0.2) is 8.78 Å². The van der Waals surface area contributed by atoms with Gasteiger partial charge in [-0.15, -0.1) is 0 Å². The third-order valence-corrected chi connectivity index (χ3v) is 4.09. The smallest absolute Gasteiger partial charge is 0.263 e. The predicted molar refractivity (Wildman–Crippen MR) is 77.8 cm³/mol. The summed E-state index contributed by atoms with van der Waals surface area (Å²) in [5, 5.41) is 3.56. The monoisotopic (exact) mass is 282 g/mol. The highest BCUT2D eigenvalue weighted by atomic mass is 19.3. The third-order valence-electron chi connectivity index (χ3n) is 4.09. The SMILES string of the molecule is NCC(NC1CCCCCC1)c1cccc(C(F)F)c1. The van der Waals surface area contributed by atoms with E-state index in [9.17, 15) is 8.78 Å². The molecule has 1 unspecified atom stereocenters. The molecule has 3 N–H and O–H groups in total. The van der Waals surface area contributed by atoms with E-state index in [0.29, 0.717) is 12.6 Å². The molecule has 1 aliphatic rings. The molecule has 1 saturated carbocycles. The Labute approximate surface area is 119 Å². The molecule has 20 heavy (non-hydrogen) atoms. The van der Waals surface area contributed by atoms with Crippen LogP contribution >= 0.6 is 0 Å². The van der Waals surface area contributed by atoms with Gasteiger partial charge in [0.05, 0.1) is 0 Å². The van der Waals surface area contributed by atoms with Gasteiger partial charge in [0.25, 0.3) is 6.43 Å². The minimum absolute atomic E-state index is 0.0307. The van der Waals surface area contributed by atoms with E-state index < -0.39 is 6.43 Å². The van der Waals surface area contributed by atoms with Crippen LogP contribution in [0.3, 0.4) is 0 Å². The van der Waals surface area contributed by atoms with E-state index in [1.807, 2.05) is 6.07 Å². The molecule has 0 amide bonds. The summed E-state index contributed by atoms with van der Waals surface area (Å²) in [6.45, 7) is 0.434. The molecular formula is C16H24F2N2. The summed E-state index contributed by atoms with van der Waals surface area (Å²) in [5.74, 6) is 0. The Balaban J connectivity index is 2.05. The fourth-order valence-corrected chi connectivity index (χ4v) is 2.94. The summed E-state index contributed by atoms with van der Waals surface area (Å²) in [7, 11) is 0. The van der Waals surface area contributed by atoms with Gasteiger partial charge in [-0.05, 0) is 24.5 Å². The van der Waals surface area contributed by atoms with E-state index in [1.54, 1.807) is 12.1 Å². The van der Waals surface area contributed by atoms with Crippen molar-refractivity contribution < 1.29 is 8.78 Å². The zero-order valence-corrected chi connectivity index (χ0v) is 11.8. The average molecular weight is 282 g/mol. The molecule has 4 heteroatoms. The molecule has 1 fully saturated rings. The normalized spacial score (nSPS) is 19.0. The summed E-state index contributed by atoms with van der Waals surface area (Å²) in [4.78, 5) is 0. The number of rotatable bonds is 5. The van der Waals surface area contributed by atoms with Crippen molar-refractivity contribution in [1.29, 1.82) is 0 Å². The van der Waals surface area contributed by atoms with Crippen LogP contribution in [0.25, 0.3) is 0 Å². The number of hydrogen-bond acceptors (Lipinski definition) is 2. The fraction of sp³-hybridized carbons (Fsp3) is 0.625. The van der Waals surface area contributed by atoms with Crippen molar-refractivity contribution in [3.05, 3.63) is 35.4 Å². The maximum atomic E-state index is 12.8. The van der Waals surface area contributed by atoms with E-state index in [-0.39, 0.29) is 11.6 Å². The van der Waals surface area contributed by atoms with Crippen LogP contribution in [-0.4, -0.2) is 12.6 Å². The van der Waals surface area contributed by atoms with Crippen LogP contribution in [0.1, 0.15) is 62.1 Å². The molecule has 0 heterocycles. The van der Waals surface area contributed by atoms with E-state index in [0.717, 1.165) is 18.4 Å². The van der Waals surface area contributed by atoms with Gasteiger partial charge in [-0.3, -0.25) is 0 Å². The van der Waals surface area contributed by atoms with Gasteiger partial charge >= 0.3 is 0 Å². The second kappa shape index (κ2) is 7.70. The van der Waals surface area contributed by atoms with Crippen LogP contribution in [0.5, 0.6) is 0 Å². The highest BCUT2D eigenvalue weighted by molar-refractivity contribution is 5.27. The van der Waals surface area contributed by atoms with E-state index in [1.165, 1.54) is 31.7 Å². The highest BCUT2D eigenvalue weighted by Gasteiger charge is 2.18. The Morgan fingerprint density at radius 3 is 2.35 bits per heavy atom. The van der Waals surface area contributed by atoms with Gasteiger partial charge in [-0.1, -0.05) is 43.9 Å². The molecule has 2 rings (SSSR count). The molecule has 1 aliphatic carbocycles. The summed E-state index contributed by atoms with van der Waals surface area (Å²) < 4.78 is 25.6. The van der Waals surface area contributed by atoms with Gasteiger partial charge in [-0.2, -0.15) is 0 Å². The first-order chi connectivity index (χ1) is 9.70. The van der Waals surface area contributed by atoms with Crippen LogP contribution in [0, 0.1) is 0 Å². The zero-order valence-electron chi connectivity index (χ0n) is 11.8. The Hall–Kier alpha value is -1.00. The number of nitrogens with one attached hydrogen (secondary N) is 1. The van der Waals surface area contributed by atoms with E-state index in [4.69, 9.17) is 5.73 Å². The Morgan fingerprint density at radius 2 is 1.75 bits per heavy atom. The molecule has 0 radical (unpaired) electrons. The Bertz CT molecular complexity index is 401. The van der Waals surface area contributed by atoms with Gasteiger partial charge in [0.2, 0.25) is 0 Å². The van der Waals surface area contributed by atoms with Crippen LogP contribution in [0.4, 0.5) is 8.78 Å². The molecule has 1 aromatic rings. The second-order valence-electron chi connectivity index (χ2n) is 5.61. The maximum absolute atomic E-state index is 12.8. The van der Waals surface area contributed by atoms with Crippen LogP contribution in [0.2, 0.25) is 0 Å². The quantitative estimate of drug-likeness (QED) is 0.803. The lowest BCUT2D eigenvalue weighted by molar-refractivity contribution is 0.151. The third kappa shape index (κ3) is 4.25. The lowest BCUT2D eigenvalue weighted by Crippen LogP contribution is -2.36. The summed E-state index contributed by atoms with van der Waals surface area (Å²) in [5.41, 5.74) is 6.78. The van der Waals surface area contributed by atoms with Crippen molar-refractivity contribution in [2.75, 3.05) is 6.54 Å². The van der Waals surface area contributed by atoms with Crippen molar-refractivity contribution in [2.24, 2.45) is 5.73 Å². The molecule has 0 bridgehead atoms. The summed E-state index contributed by atoms with van der Waals surface area (Å²) in [6.07, 6.45) is 4.97. The first kappa shape index (κ1) is 15.4. The molecule has 0 aliphatic heterocycles. The lowest BCUT2D eigenvalue weighted by atomic mass is 10.0. The Kier molecular flexibility index (Phi) is 5.92. The zero-order chi connectivity index (χ0) is 14.4. The molecule has 0 spiro atoms. The largest absolute Gasteiger partial charge is 0.329 e. The van der Waals surface area contributed by atoms with Gasteiger partial charge in [0.1, 0.15) is 0 Å². The van der Waals surface area contributed by atoms with Crippen LogP contribution in [0.15, 0.2) is 24.3 Å². The van der Waals surface area contributed by atoms with Gasteiger partial charge in [0.15, 0.2) is 0 Å². The van der Waals surface area contributed by atoms with Gasteiger partial charge in [0, 0.05) is 24.2 Å². The predicted octanol–water partition coefficient (Wildman–Crippen LogP) is 3.94. The van der Waals surface area contributed by atoms with E-state index >= 15 is 0 Å². The van der Waals surface area contributed by atoms with Crippen molar-refractivity contribution in [3.8, 4) is 0 Å². The fourth-order valence-electron chi connectivity index (χ4n) is 2.94. The molecular weight excluding hydrogens is 258 g/mol. The van der Waals surface area contributed by atoms with Crippen molar-refractivity contribution in [2.45, 2.75) is 57.0 Å². The van der Waals surface area contributed by atoms with Crippen LogP contribution in [-0.2, 0) is 0 Å². The number of benzene rings is 1.